The number of unbranched alkanes of at least 4 members (excludes halogenated alkanes) is 4. The second-order valence-electron chi connectivity index (χ2n) is 4.45. The van der Waals surface area contributed by atoms with Gasteiger partial charge in [0.05, 0.1) is 7.11 Å². The summed E-state index contributed by atoms with van der Waals surface area (Å²) in [5.74, 6) is -0.320. The highest BCUT2D eigenvalue weighted by Gasteiger charge is 2.08. The van der Waals surface area contributed by atoms with Crippen molar-refractivity contribution in [3.05, 3.63) is 42.1 Å². The molecule has 0 atom stereocenters. The molecule has 0 fully saturated rings. The largest absolute Gasteiger partial charge is 0.464 e. The summed E-state index contributed by atoms with van der Waals surface area (Å²) in [4.78, 5) is 11.7. The minimum absolute atomic E-state index is 0.320. The molecule has 104 valence electrons. The number of carbonyl (C=O) groups is 1. The number of para-hydroxylation sites is 1. The Morgan fingerprint density at radius 1 is 1.21 bits per heavy atom. The van der Waals surface area contributed by atoms with Crippen molar-refractivity contribution >= 4 is 11.7 Å². The van der Waals surface area contributed by atoms with Crippen LogP contribution in [0.2, 0.25) is 0 Å². The lowest BCUT2D eigenvalue weighted by molar-refractivity contribution is -0.135. The fraction of sp³-hybridized carbons (Fsp3) is 0.438. The van der Waals surface area contributed by atoms with E-state index in [1.54, 1.807) is 0 Å². The fourth-order valence-corrected chi connectivity index (χ4v) is 1.79. The molecule has 0 saturated heterocycles. The summed E-state index contributed by atoms with van der Waals surface area (Å²) in [6.07, 6.45) is 7.58. The molecular formula is C16H23NO2. The van der Waals surface area contributed by atoms with E-state index in [9.17, 15) is 4.79 Å². The van der Waals surface area contributed by atoms with Crippen LogP contribution in [0.3, 0.4) is 0 Å². The Kier molecular flexibility index (Phi) is 7.40. The first-order chi connectivity index (χ1) is 9.27. The van der Waals surface area contributed by atoms with Crippen LogP contribution in [0.5, 0.6) is 0 Å². The van der Waals surface area contributed by atoms with Crippen LogP contribution in [0, 0.1) is 0 Å². The zero-order valence-electron chi connectivity index (χ0n) is 11.8. The number of nitrogens with one attached hydrogen (secondary N) is 1. The lowest BCUT2D eigenvalue weighted by Gasteiger charge is -2.09. The van der Waals surface area contributed by atoms with E-state index in [1.807, 2.05) is 36.4 Å². The molecule has 0 unspecified atom stereocenters. The Bertz CT molecular complexity index is 398. The molecule has 0 bridgehead atoms. The Labute approximate surface area is 115 Å². The summed E-state index contributed by atoms with van der Waals surface area (Å²) in [6, 6.07) is 9.65. The van der Waals surface area contributed by atoms with Crippen molar-refractivity contribution in [1.29, 1.82) is 0 Å². The fourth-order valence-electron chi connectivity index (χ4n) is 1.79. The van der Waals surface area contributed by atoms with Gasteiger partial charge in [-0.15, -0.1) is 0 Å². The van der Waals surface area contributed by atoms with E-state index >= 15 is 0 Å². The smallest absolute Gasteiger partial charge is 0.354 e. The SMILES string of the molecule is CCCCCCC=C(Nc1ccccc1)C(=O)OC. The molecule has 0 aliphatic carbocycles. The number of hydrogen-bond donors (Lipinski definition) is 1. The van der Waals surface area contributed by atoms with E-state index in [4.69, 9.17) is 4.74 Å². The van der Waals surface area contributed by atoms with E-state index in [-0.39, 0.29) is 5.97 Å². The van der Waals surface area contributed by atoms with Gasteiger partial charge in [-0.3, -0.25) is 0 Å². The summed E-state index contributed by atoms with van der Waals surface area (Å²) in [5, 5.41) is 3.11. The van der Waals surface area contributed by atoms with Crippen molar-refractivity contribution in [1.82, 2.24) is 0 Å². The van der Waals surface area contributed by atoms with Crippen molar-refractivity contribution in [2.75, 3.05) is 12.4 Å². The molecule has 0 aliphatic rings. The summed E-state index contributed by atoms with van der Waals surface area (Å²) in [7, 11) is 1.40. The first kappa shape index (κ1) is 15.3. The summed E-state index contributed by atoms with van der Waals surface area (Å²) >= 11 is 0. The highest BCUT2D eigenvalue weighted by molar-refractivity contribution is 5.91. The van der Waals surface area contributed by atoms with Crippen LogP contribution < -0.4 is 5.32 Å². The quantitative estimate of drug-likeness (QED) is 0.434. The molecule has 19 heavy (non-hydrogen) atoms. The first-order valence-electron chi connectivity index (χ1n) is 6.88. The lowest BCUT2D eigenvalue weighted by Crippen LogP contribution is -2.13. The van der Waals surface area contributed by atoms with Crippen LogP contribution in [-0.2, 0) is 9.53 Å². The summed E-state index contributed by atoms with van der Waals surface area (Å²) in [5.41, 5.74) is 1.41. The van der Waals surface area contributed by atoms with Gasteiger partial charge in [0.25, 0.3) is 0 Å². The maximum atomic E-state index is 11.7. The molecule has 1 rings (SSSR count). The van der Waals surface area contributed by atoms with E-state index in [2.05, 4.69) is 12.2 Å². The van der Waals surface area contributed by atoms with Crippen LogP contribution in [0.25, 0.3) is 0 Å². The molecule has 1 N–H and O–H groups in total. The minimum Gasteiger partial charge on any atom is -0.464 e. The highest BCUT2D eigenvalue weighted by atomic mass is 16.5. The van der Waals surface area contributed by atoms with E-state index in [0.29, 0.717) is 5.70 Å². The molecule has 3 heteroatoms. The van der Waals surface area contributed by atoms with Crippen LogP contribution in [-0.4, -0.2) is 13.1 Å². The number of carbonyl (C=O) groups excluding carboxylic acids is 1. The second kappa shape index (κ2) is 9.20. The van der Waals surface area contributed by atoms with Gasteiger partial charge in [0.1, 0.15) is 5.70 Å². The number of benzene rings is 1. The molecule has 0 aromatic heterocycles. The average Bonchev–Trinajstić information content (AvgIpc) is 2.46. The van der Waals surface area contributed by atoms with Crippen LogP contribution >= 0.6 is 0 Å². The van der Waals surface area contributed by atoms with Crippen LogP contribution in [0.4, 0.5) is 5.69 Å². The molecule has 0 saturated carbocycles. The standard InChI is InChI=1S/C16H23NO2/c1-3-4-5-6-10-13-15(16(18)19-2)17-14-11-8-7-9-12-14/h7-9,11-13,17H,3-6,10H2,1-2H3. The Hall–Kier alpha value is -1.77. The van der Waals surface area contributed by atoms with Gasteiger partial charge in [-0.1, -0.05) is 50.5 Å². The van der Waals surface area contributed by atoms with Crippen molar-refractivity contribution in [2.45, 2.75) is 39.0 Å². The average molecular weight is 261 g/mol. The van der Waals surface area contributed by atoms with Gasteiger partial charge in [0, 0.05) is 5.69 Å². The molecule has 0 radical (unpaired) electrons. The number of methoxy groups -OCH3 is 1. The molecule has 0 spiro atoms. The van der Waals surface area contributed by atoms with Crippen LogP contribution in [0.1, 0.15) is 39.0 Å². The van der Waals surface area contributed by atoms with Gasteiger partial charge in [-0.25, -0.2) is 4.79 Å². The van der Waals surface area contributed by atoms with Gasteiger partial charge >= 0.3 is 5.97 Å². The second-order valence-corrected chi connectivity index (χ2v) is 4.45. The third-order valence-electron chi connectivity index (χ3n) is 2.86. The monoisotopic (exact) mass is 261 g/mol. The van der Waals surface area contributed by atoms with E-state index in [0.717, 1.165) is 18.5 Å². The van der Waals surface area contributed by atoms with E-state index in [1.165, 1.54) is 26.4 Å². The zero-order valence-corrected chi connectivity index (χ0v) is 11.8. The predicted octanol–water partition coefficient (Wildman–Crippen LogP) is 4.13. The summed E-state index contributed by atoms with van der Waals surface area (Å²) < 4.78 is 4.79. The number of ether oxygens (including phenoxy) is 1. The van der Waals surface area contributed by atoms with Crippen molar-refractivity contribution < 1.29 is 9.53 Å². The number of hydrogen-bond acceptors (Lipinski definition) is 3. The van der Waals surface area contributed by atoms with Gasteiger partial charge in [0.2, 0.25) is 0 Å². The van der Waals surface area contributed by atoms with Crippen LogP contribution in [0.15, 0.2) is 42.1 Å². The van der Waals surface area contributed by atoms with Gasteiger partial charge in [0.15, 0.2) is 0 Å². The predicted molar refractivity (Wildman–Crippen MR) is 78.9 cm³/mol. The molecule has 1 aromatic rings. The number of esters is 1. The third-order valence-corrected chi connectivity index (χ3v) is 2.86. The Balaban J connectivity index is 2.56. The van der Waals surface area contributed by atoms with Gasteiger partial charge < -0.3 is 10.1 Å². The maximum Gasteiger partial charge on any atom is 0.354 e. The molecule has 0 amide bonds. The van der Waals surface area contributed by atoms with Gasteiger partial charge in [-0.05, 0) is 25.0 Å². The highest BCUT2D eigenvalue weighted by Crippen LogP contribution is 2.12. The molecule has 0 heterocycles. The maximum absolute atomic E-state index is 11.7. The summed E-state index contributed by atoms with van der Waals surface area (Å²) in [6.45, 7) is 2.19. The van der Waals surface area contributed by atoms with Gasteiger partial charge in [-0.2, -0.15) is 0 Å². The molecule has 1 aromatic carbocycles. The number of anilines is 1. The van der Waals surface area contributed by atoms with Crippen molar-refractivity contribution in [3.63, 3.8) is 0 Å². The zero-order chi connectivity index (χ0) is 13.9. The molecule has 0 aliphatic heterocycles. The third kappa shape index (κ3) is 6.09. The topological polar surface area (TPSA) is 38.3 Å². The minimum atomic E-state index is -0.320. The van der Waals surface area contributed by atoms with Crippen molar-refractivity contribution in [2.24, 2.45) is 0 Å². The Morgan fingerprint density at radius 2 is 1.95 bits per heavy atom. The van der Waals surface area contributed by atoms with Crippen molar-refractivity contribution in [3.8, 4) is 0 Å². The lowest BCUT2D eigenvalue weighted by atomic mass is 10.1. The molecule has 3 nitrogen and oxygen atoms in total. The molecular weight excluding hydrogens is 238 g/mol. The number of allylic oxidation sites excluding steroid dienone is 1. The first-order valence-corrected chi connectivity index (χ1v) is 6.88. The van der Waals surface area contributed by atoms with E-state index < -0.39 is 0 Å². The normalized spacial score (nSPS) is 11.2. The number of rotatable bonds is 8. The Morgan fingerprint density at radius 3 is 2.58 bits per heavy atom.